The molecule has 0 spiro atoms. The van der Waals surface area contributed by atoms with Gasteiger partial charge in [0.1, 0.15) is 0 Å². The molecule has 2 aromatic rings. The van der Waals surface area contributed by atoms with Crippen LogP contribution in [-0.4, -0.2) is 11.1 Å². The van der Waals surface area contributed by atoms with Crippen LogP contribution in [0.25, 0.3) is 0 Å². The second-order valence-electron chi connectivity index (χ2n) is 7.76. The lowest BCUT2D eigenvalue weighted by molar-refractivity contribution is 0.0972. The molecule has 0 saturated carbocycles. The summed E-state index contributed by atoms with van der Waals surface area (Å²) in [6, 6.07) is 20.3. The summed E-state index contributed by atoms with van der Waals surface area (Å²) in [6.45, 7) is 0. The minimum absolute atomic E-state index is 0.262. The Morgan fingerprint density at radius 2 is 1.18 bits per heavy atom. The number of carbonyl (C=O) groups is 1. The largest absolute Gasteiger partial charge is 0.294 e. The van der Waals surface area contributed by atoms with Crippen LogP contribution in [0.4, 0.5) is 0 Å². The Kier molecular flexibility index (Phi) is 11.9. The molecule has 0 heterocycles. The number of carbonyl (C=O) groups excluding carboxylic acids is 1. The zero-order chi connectivity index (χ0) is 19.9. The first-order valence-electron chi connectivity index (χ1n) is 11.0. The summed E-state index contributed by atoms with van der Waals surface area (Å²) in [4.78, 5) is 12.7. The van der Waals surface area contributed by atoms with E-state index in [9.17, 15) is 4.79 Å². The van der Waals surface area contributed by atoms with Gasteiger partial charge in [-0.1, -0.05) is 128 Å². The number of ketones is 1. The van der Waals surface area contributed by atoms with Gasteiger partial charge in [-0.3, -0.25) is 4.79 Å². The van der Waals surface area contributed by atoms with Crippen molar-refractivity contribution in [3.8, 4) is 0 Å². The zero-order valence-electron chi connectivity index (χ0n) is 17.1. The summed E-state index contributed by atoms with van der Waals surface area (Å²) in [5.41, 5.74) is 2.14. The van der Waals surface area contributed by atoms with E-state index >= 15 is 0 Å². The second-order valence-corrected chi connectivity index (χ2v) is 8.55. The van der Waals surface area contributed by atoms with E-state index in [4.69, 9.17) is 0 Å². The molecule has 1 unspecified atom stereocenters. The second kappa shape index (κ2) is 14.6. The highest BCUT2D eigenvalue weighted by atomic mass is 79.9. The van der Waals surface area contributed by atoms with Crippen molar-refractivity contribution in [2.45, 2.75) is 76.5 Å². The monoisotopic (exact) mass is 442 g/mol. The van der Waals surface area contributed by atoms with Gasteiger partial charge in [0.15, 0.2) is 5.78 Å². The molecular formula is C26H35BrO. The van der Waals surface area contributed by atoms with Crippen LogP contribution >= 0.6 is 15.9 Å². The summed E-state index contributed by atoms with van der Waals surface area (Å²) in [5, 5.41) is 1.14. The summed E-state index contributed by atoms with van der Waals surface area (Å²) in [6.07, 6.45) is 13.7. The molecule has 0 amide bonds. The Morgan fingerprint density at radius 1 is 0.679 bits per heavy atom. The first kappa shape index (κ1) is 22.9. The number of alkyl halides is 1. The van der Waals surface area contributed by atoms with Gasteiger partial charge in [0, 0.05) is 17.3 Å². The molecule has 0 aliphatic rings. The lowest BCUT2D eigenvalue weighted by Crippen LogP contribution is -2.08. The average Bonchev–Trinajstić information content (AvgIpc) is 2.75. The number of halogens is 1. The molecule has 0 fully saturated rings. The summed E-state index contributed by atoms with van der Waals surface area (Å²) < 4.78 is 0. The van der Waals surface area contributed by atoms with Gasteiger partial charge in [0.25, 0.3) is 0 Å². The molecule has 0 aliphatic heterocycles. The first-order chi connectivity index (χ1) is 13.8. The van der Waals surface area contributed by atoms with Crippen molar-refractivity contribution in [1.82, 2.24) is 0 Å². The smallest absolute Gasteiger partial charge is 0.163 e. The predicted molar refractivity (Wildman–Crippen MR) is 125 cm³/mol. The maximum atomic E-state index is 12.7. The van der Waals surface area contributed by atoms with Crippen LogP contribution < -0.4 is 0 Å². The maximum absolute atomic E-state index is 12.7. The van der Waals surface area contributed by atoms with Gasteiger partial charge >= 0.3 is 0 Å². The number of unbranched alkanes of at least 4 members (excludes halogenated alkanes) is 8. The van der Waals surface area contributed by atoms with Crippen LogP contribution in [0.3, 0.4) is 0 Å². The highest BCUT2D eigenvalue weighted by molar-refractivity contribution is 9.09. The molecule has 0 aliphatic carbocycles. The molecule has 1 nitrogen and oxygen atoms in total. The third-order valence-corrected chi connectivity index (χ3v) is 6.05. The van der Waals surface area contributed by atoms with Crippen LogP contribution in [0.5, 0.6) is 0 Å². The van der Waals surface area contributed by atoms with Crippen molar-refractivity contribution in [2.75, 3.05) is 5.33 Å². The van der Waals surface area contributed by atoms with Crippen LogP contribution in [0.2, 0.25) is 0 Å². The third kappa shape index (κ3) is 9.19. The van der Waals surface area contributed by atoms with Crippen LogP contribution in [-0.2, 0) is 0 Å². The minimum atomic E-state index is 0.262. The van der Waals surface area contributed by atoms with Gasteiger partial charge in [-0.25, -0.2) is 0 Å². The van der Waals surface area contributed by atoms with Crippen molar-refractivity contribution in [3.05, 3.63) is 71.8 Å². The van der Waals surface area contributed by atoms with Gasteiger partial charge in [0.05, 0.1) is 0 Å². The molecule has 2 rings (SSSR count). The highest BCUT2D eigenvalue weighted by Gasteiger charge is 2.16. The third-order valence-electron chi connectivity index (χ3n) is 5.48. The number of hydrogen-bond donors (Lipinski definition) is 0. The minimum Gasteiger partial charge on any atom is -0.294 e. The van der Waals surface area contributed by atoms with E-state index in [1.807, 2.05) is 30.3 Å². The molecular weight excluding hydrogens is 408 g/mol. The van der Waals surface area contributed by atoms with Crippen molar-refractivity contribution in [3.63, 3.8) is 0 Å². The number of hydrogen-bond acceptors (Lipinski definition) is 1. The predicted octanol–water partition coefficient (Wildman–Crippen LogP) is 8.34. The van der Waals surface area contributed by atoms with E-state index in [0.29, 0.717) is 12.3 Å². The van der Waals surface area contributed by atoms with Gasteiger partial charge in [-0.2, -0.15) is 0 Å². The van der Waals surface area contributed by atoms with Crippen molar-refractivity contribution < 1.29 is 4.79 Å². The standard InChI is InChI=1S/C26H35BrO/c27-21-15-7-5-3-1-2-4-6-10-20-25(23-16-11-8-12-17-23)22-26(28)24-18-13-9-14-19-24/h8-9,11-14,16-19,25H,1-7,10,15,20-22H2. The fraction of sp³-hybridized carbons (Fsp3) is 0.500. The Morgan fingerprint density at radius 3 is 1.75 bits per heavy atom. The van der Waals surface area contributed by atoms with E-state index in [-0.39, 0.29) is 5.78 Å². The molecule has 0 saturated heterocycles. The van der Waals surface area contributed by atoms with E-state index in [2.05, 4.69) is 46.3 Å². The number of Topliss-reactive ketones (excluding diaryl/α,β-unsaturated/α-hetero) is 1. The molecule has 1 atom stereocenters. The summed E-state index contributed by atoms with van der Waals surface area (Å²) in [5.74, 6) is 0.594. The molecule has 0 radical (unpaired) electrons. The molecule has 0 N–H and O–H groups in total. The highest BCUT2D eigenvalue weighted by Crippen LogP contribution is 2.28. The Balaban J connectivity index is 1.73. The fourth-order valence-electron chi connectivity index (χ4n) is 3.80. The molecule has 2 heteroatoms. The average molecular weight is 443 g/mol. The van der Waals surface area contributed by atoms with E-state index in [1.165, 1.54) is 63.4 Å². The van der Waals surface area contributed by atoms with Gasteiger partial charge < -0.3 is 0 Å². The van der Waals surface area contributed by atoms with Crippen molar-refractivity contribution >= 4 is 21.7 Å². The van der Waals surface area contributed by atoms with Gasteiger partial charge in [-0.15, -0.1) is 0 Å². The summed E-state index contributed by atoms with van der Waals surface area (Å²) >= 11 is 3.50. The van der Waals surface area contributed by atoms with Gasteiger partial charge in [-0.05, 0) is 24.3 Å². The molecule has 28 heavy (non-hydrogen) atoms. The van der Waals surface area contributed by atoms with Gasteiger partial charge in [0.2, 0.25) is 0 Å². The SMILES string of the molecule is O=C(CC(CCCCCCCCCCCBr)c1ccccc1)c1ccccc1. The molecule has 0 aromatic heterocycles. The Hall–Kier alpha value is -1.41. The molecule has 0 bridgehead atoms. The fourth-order valence-corrected chi connectivity index (χ4v) is 4.20. The Labute approximate surface area is 180 Å². The van der Waals surface area contributed by atoms with Crippen LogP contribution in [0, 0.1) is 0 Å². The molecule has 2 aromatic carbocycles. The number of rotatable bonds is 15. The zero-order valence-corrected chi connectivity index (χ0v) is 18.7. The lowest BCUT2D eigenvalue weighted by Gasteiger charge is -2.17. The van der Waals surface area contributed by atoms with E-state index in [0.717, 1.165) is 17.3 Å². The van der Waals surface area contributed by atoms with Crippen molar-refractivity contribution in [2.24, 2.45) is 0 Å². The normalized spacial score (nSPS) is 12.0. The van der Waals surface area contributed by atoms with E-state index < -0.39 is 0 Å². The number of benzene rings is 2. The van der Waals surface area contributed by atoms with E-state index in [1.54, 1.807) is 0 Å². The maximum Gasteiger partial charge on any atom is 0.163 e. The lowest BCUT2D eigenvalue weighted by atomic mass is 9.87. The Bertz CT molecular complexity index is 638. The van der Waals surface area contributed by atoms with Crippen LogP contribution in [0.15, 0.2) is 60.7 Å². The summed E-state index contributed by atoms with van der Waals surface area (Å²) in [7, 11) is 0. The quantitative estimate of drug-likeness (QED) is 0.154. The van der Waals surface area contributed by atoms with Crippen LogP contribution in [0.1, 0.15) is 92.5 Å². The first-order valence-corrected chi connectivity index (χ1v) is 12.1. The topological polar surface area (TPSA) is 17.1 Å². The van der Waals surface area contributed by atoms with Crippen molar-refractivity contribution in [1.29, 1.82) is 0 Å². The molecule has 152 valence electrons.